The van der Waals surface area contributed by atoms with Crippen LogP contribution in [0, 0.1) is 0 Å². The van der Waals surface area contributed by atoms with E-state index in [2.05, 4.69) is 83.1 Å². The van der Waals surface area contributed by atoms with E-state index in [-0.39, 0.29) is 0 Å². The SMILES string of the molecule is C(=Cc1nc2ccccc2s1)C1=CC(=CC=C2Nc3ccccc3S2)CC1. The zero-order valence-electron chi connectivity index (χ0n) is 14.7. The molecule has 0 atom stereocenters. The molecule has 0 saturated heterocycles. The largest absolute Gasteiger partial charge is 0.349 e. The van der Waals surface area contributed by atoms with Gasteiger partial charge in [0.2, 0.25) is 0 Å². The highest BCUT2D eigenvalue weighted by molar-refractivity contribution is 8.03. The van der Waals surface area contributed by atoms with Crippen molar-refractivity contribution >= 4 is 45.1 Å². The molecule has 5 rings (SSSR count). The summed E-state index contributed by atoms with van der Waals surface area (Å²) < 4.78 is 1.24. The molecule has 3 aromatic rings. The fourth-order valence-corrected chi connectivity index (χ4v) is 5.05. The number of thioether (sulfide) groups is 1. The molecule has 0 spiro atoms. The lowest BCUT2D eigenvalue weighted by Crippen LogP contribution is -1.86. The lowest BCUT2D eigenvalue weighted by atomic mass is 10.2. The van der Waals surface area contributed by atoms with Gasteiger partial charge >= 0.3 is 0 Å². The number of hydrogen-bond donors (Lipinski definition) is 1. The number of benzene rings is 2. The van der Waals surface area contributed by atoms with Crippen molar-refractivity contribution in [2.75, 3.05) is 5.32 Å². The van der Waals surface area contributed by atoms with Crippen LogP contribution in [0.15, 0.2) is 93.9 Å². The maximum Gasteiger partial charge on any atom is 0.117 e. The summed E-state index contributed by atoms with van der Waals surface area (Å²) in [6, 6.07) is 16.7. The first kappa shape index (κ1) is 16.6. The average Bonchev–Trinajstić information content (AvgIpc) is 3.41. The number of hydrogen-bond acceptors (Lipinski definition) is 4. The second-order valence-electron chi connectivity index (χ2n) is 6.57. The third kappa shape index (κ3) is 3.64. The van der Waals surface area contributed by atoms with Crippen LogP contribution in [0.25, 0.3) is 16.3 Å². The van der Waals surface area contributed by atoms with Crippen molar-refractivity contribution in [2.24, 2.45) is 0 Å². The van der Waals surface area contributed by atoms with Gasteiger partial charge in [-0.2, -0.15) is 0 Å². The lowest BCUT2D eigenvalue weighted by Gasteiger charge is -1.96. The van der Waals surface area contributed by atoms with E-state index in [4.69, 9.17) is 0 Å². The highest BCUT2D eigenvalue weighted by Crippen LogP contribution is 2.40. The maximum atomic E-state index is 4.67. The zero-order chi connectivity index (χ0) is 18.1. The van der Waals surface area contributed by atoms with Gasteiger partial charge in [-0.15, -0.1) is 11.3 Å². The molecule has 2 nitrogen and oxygen atoms in total. The molecule has 132 valence electrons. The predicted molar refractivity (Wildman–Crippen MR) is 118 cm³/mol. The maximum absolute atomic E-state index is 4.67. The Morgan fingerprint density at radius 3 is 2.74 bits per heavy atom. The van der Waals surface area contributed by atoms with Gasteiger partial charge in [-0.25, -0.2) is 4.98 Å². The highest BCUT2D eigenvalue weighted by atomic mass is 32.2. The van der Waals surface area contributed by atoms with Crippen LogP contribution in [0.4, 0.5) is 5.69 Å². The number of fused-ring (bicyclic) bond motifs is 2. The molecule has 0 amide bonds. The fraction of sp³-hybridized carbons (Fsp3) is 0.0870. The van der Waals surface area contributed by atoms with Crippen molar-refractivity contribution in [3.05, 3.63) is 94.0 Å². The number of rotatable bonds is 3. The van der Waals surface area contributed by atoms with Gasteiger partial charge in [0.05, 0.1) is 20.9 Å². The minimum absolute atomic E-state index is 1.07. The first-order valence-corrected chi connectivity index (χ1v) is 10.7. The highest BCUT2D eigenvalue weighted by Gasteiger charge is 2.14. The van der Waals surface area contributed by atoms with Crippen LogP contribution in [0.3, 0.4) is 0 Å². The Kier molecular flexibility index (Phi) is 4.44. The van der Waals surface area contributed by atoms with Gasteiger partial charge in [0, 0.05) is 4.90 Å². The normalized spacial score (nSPS) is 19.2. The van der Waals surface area contributed by atoms with Crippen LogP contribution >= 0.6 is 23.1 Å². The van der Waals surface area contributed by atoms with Crippen molar-refractivity contribution in [1.82, 2.24) is 4.98 Å². The first-order chi connectivity index (χ1) is 13.3. The zero-order valence-corrected chi connectivity index (χ0v) is 16.3. The summed E-state index contributed by atoms with van der Waals surface area (Å²) in [6.07, 6.45) is 13.3. The van der Waals surface area contributed by atoms with Crippen molar-refractivity contribution in [2.45, 2.75) is 17.7 Å². The third-order valence-electron chi connectivity index (χ3n) is 4.64. The van der Waals surface area contributed by atoms with Crippen molar-refractivity contribution < 1.29 is 0 Å². The van der Waals surface area contributed by atoms with Crippen LogP contribution in [0.1, 0.15) is 17.8 Å². The molecule has 1 aromatic heterocycles. The average molecular weight is 387 g/mol. The summed E-state index contributed by atoms with van der Waals surface area (Å²) >= 11 is 3.54. The monoisotopic (exact) mass is 386 g/mol. The van der Waals surface area contributed by atoms with Crippen LogP contribution in [-0.2, 0) is 0 Å². The molecule has 1 aliphatic carbocycles. The number of aromatic nitrogens is 1. The van der Waals surface area contributed by atoms with E-state index in [0.717, 1.165) is 23.4 Å². The van der Waals surface area contributed by atoms with Gasteiger partial charge in [0.1, 0.15) is 5.01 Å². The third-order valence-corrected chi connectivity index (χ3v) is 6.67. The summed E-state index contributed by atoms with van der Waals surface area (Å²) in [5, 5.41) is 5.73. The molecular weight excluding hydrogens is 368 g/mol. The summed E-state index contributed by atoms with van der Waals surface area (Å²) in [5.41, 5.74) is 5.03. The quantitative estimate of drug-likeness (QED) is 0.524. The molecular formula is C23H18N2S2. The van der Waals surface area contributed by atoms with E-state index in [1.54, 1.807) is 23.1 Å². The Labute approximate surface area is 167 Å². The Morgan fingerprint density at radius 1 is 0.926 bits per heavy atom. The van der Waals surface area contributed by atoms with Crippen LogP contribution in [0.2, 0.25) is 0 Å². The molecule has 2 aromatic carbocycles. The van der Waals surface area contributed by atoms with Crippen molar-refractivity contribution in [1.29, 1.82) is 0 Å². The van der Waals surface area contributed by atoms with Crippen molar-refractivity contribution in [3.8, 4) is 0 Å². The number of allylic oxidation sites excluding steroid dienone is 6. The van der Waals surface area contributed by atoms with Crippen LogP contribution < -0.4 is 5.32 Å². The minimum atomic E-state index is 1.07. The molecule has 1 aliphatic heterocycles. The van der Waals surface area contributed by atoms with Crippen LogP contribution in [-0.4, -0.2) is 4.98 Å². The Hall–Kier alpha value is -2.56. The summed E-state index contributed by atoms with van der Waals surface area (Å²) in [4.78, 5) is 5.97. The fourth-order valence-electron chi connectivity index (χ4n) is 3.27. The molecule has 4 heteroatoms. The summed E-state index contributed by atoms with van der Waals surface area (Å²) in [7, 11) is 0. The number of para-hydroxylation sites is 2. The minimum Gasteiger partial charge on any atom is -0.349 e. The molecule has 2 aliphatic rings. The molecule has 2 heterocycles. The topological polar surface area (TPSA) is 24.9 Å². The molecule has 0 unspecified atom stereocenters. The van der Waals surface area contributed by atoms with E-state index in [9.17, 15) is 0 Å². The lowest BCUT2D eigenvalue weighted by molar-refractivity contribution is 1.03. The summed E-state index contributed by atoms with van der Waals surface area (Å²) in [5.74, 6) is 0. The predicted octanol–water partition coefficient (Wildman–Crippen LogP) is 7.02. The van der Waals surface area contributed by atoms with Crippen LogP contribution in [0.5, 0.6) is 0 Å². The second kappa shape index (κ2) is 7.22. The molecule has 1 N–H and O–H groups in total. The summed E-state index contributed by atoms with van der Waals surface area (Å²) in [6.45, 7) is 0. The second-order valence-corrected chi connectivity index (χ2v) is 8.71. The van der Waals surface area contributed by atoms with E-state index in [1.165, 1.54) is 31.5 Å². The Bertz CT molecular complexity index is 1070. The van der Waals surface area contributed by atoms with Gasteiger partial charge in [-0.1, -0.05) is 54.3 Å². The van der Waals surface area contributed by atoms with E-state index < -0.39 is 0 Å². The molecule has 0 radical (unpaired) electrons. The molecule has 27 heavy (non-hydrogen) atoms. The Balaban J connectivity index is 1.28. The van der Waals surface area contributed by atoms with E-state index >= 15 is 0 Å². The van der Waals surface area contributed by atoms with Crippen molar-refractivity contribution in [3.63, 3.8) is 0 Å². The number of nitrogens with one attached hydrogen (secondary N) is 1. The Morgan fingerprint density at radius 2 is 1.81 bits per heavy atom. The van der Waals surface area contributed by atoms with Gasteiger partial charge < -0.3 is 5.32 Å². The van der Waals surface area contributed by atoms with E-state index in [1.807, 2.05) is 6.07 Å². The molecule has 0 bridgehead atoms. The molecule has 0 fully saturated rings. The van der Waals surface area contributed by atoms with Gasteiger partial charge in [-0.3, -0.25) is 0 Å². The number of anilines is 1. The smallest absolute Gasteiger partial charge is 0.117 e. The number of thiazole rings is 1. The first-order valence-electron chi connectivity index (χ1n) is 9.02. The van der Waals surface area contributed by atoms with E-state index in [0.29, 0.717) is 0 Å². The van der Waals surface area contributed by atoms with Gasteiger partial charge in [0.15, 0.2) is 0 Å². The van der Waals surface area contributed by atoms with Gasteiger partial charge in [-0.05, 0) is 60.4 Å². The molecule has 0 saturated carbocycles. The van der Waals surface area contributed by atoms with Gasteiger partial charge in [0.25, 0.3) is 0 Å². The standard InChI is InChI=1S/C23H18N2S2/c1-3-7-20-18(5-1)24-22(26-20)13-11-16-9-10-17(15-16)12-14-23-25-19-6-2-4-8-21(19)27-23/h1-8,11-15,24H,9-10H2. The number of nitrogens with zero attached hydrogens (tertiary/aromatic N) is 1.